The van der Waals surface area contributed by atoms with E-state index in [1.165, 1.54) is 11.3 Å². The van der Waals surface area contributed by atoms with Crippen molar-refractivity contribution in [1.29, 1.82) is 0 Å². The molecule has 35 heavy (non-hydrogen) atoms. The molecule has 0 bridgehead atoms. The van der Waals surface area contributed by atoms with Crippen LogP contribution in [0.1, 0.15) is 36.5 Å². The first-order valence-electron chi connectivity index (χ1n) is 11.7. The molecule has 2 heterocycles. The zero-order valence-corrected chi connectivity index (χ0v) is 23.0. The number of thioether (sulfide) groups is 1. The molecule has 1 saturated heterocycles. The smallest absolute Gasteiger partial charge is 0.260 e. The topological polar surface area (TPSA) is 73.8 Å². The van der Waals surface area contributed by atoms with Crippen LogP contribution < -0.4 is 4.90 Å². The van der Waals surface area contributed by atoms with Crippen LogP contribution in [0.25, 0.3) is 10.2 Å². The molecule has 1 unspecified atom stereocenters. The van der Waals surface area contributed by atoms with Crippen LogP contribution in [0.5, 0.6) is 0 Å². The second-order valence-electron chi connectivity index (χ2n) is 9.08. The molecule has 0 spiro atoms. The van der Waals surface area contributed by atoms with Crippen LogP contribution in [0.2, 0.25) is 0 Å². The van der Waals surface area contributed by atoms with Gasteiger partial charge in [0.2, 0.25) is 10.0 Å². The molecular formula is C25H32N4O3S3. The Morgan fingerprint density at radius 3 is 2.54 bits per heavy atom. The van der Waals surface area contributed by atoms with E-state index in [1.807, 2.05) is 44.3 Å². The highest BCUT2D eigenvalue weighted by Gasteiger charge is 2.31. The van der Waals surface area contributed by atoms with Gasteiger partial charge in [0.25, 0.3) is 5.91 Å². The number of thiazole rings is 1. The summed E-state index contributed by atoms with van der Waals surface area (Å²) in [7, 11) is 0.348. The predicted octanol–water partition coefficient (Wildman–Crippen LogP) is 4.79. The van der Waals surface area contributed by atoms with Gasteiger partial charge in [-0.05, 0) is 82.6 Å². The van der Waals surface area contributed by atoms with Crippen LogP contribution >= 0.6 is 23.1 Å². The molecule has 7 nitrogen and oxygen atoms in total. The minimum Gasteiger partial charge on any atom is -0.308 e. The average Bonchev–Trinajstić information content (AvgIpc) is 3.27. The first-order valence-corrected chi connectivity index (χ1v) is 15.2. The van der Waals surface area contributed by atoms with E-state index < -0.39 is 10.0 Å². The van der Waals surface area contributed by atoms with Gasteiger partial charge in [-0.15, -0.1) is 11.8 Å². The minimum absolute atomic E-state index is 0.0118. The molecule has 1 aliphatic heterocycles. The Kier molecular flexibility index (Phi) is 8.17. The van der Waals surface area contributed by atoms with E-state index in [1.54, 1.807) is 45.2 Å². The summed E-state index contributed by atoms with van der Waals surface area (Å²) in [6, 6.07) is 12.4. The molecule has 10 heteroatoms. The fourth-order valence-electron chi connectivity index (χ4n) is 4.21. The van der Waals surface area contributed by atoms with Gasteiger partial charge < -0.3 is 4.90 Å². The number of aromatic nitrogens is 1. The second kappa shape index (κ2) is 11.0. The lowest BCUT2D eigenvalue weighted by Crippen LogP contribution is -2.41. The van der Waals surface area contributed by atoms with Crippen molar-refractivity contribution in [1.82, 2.24) is 14.2 Å². The molecule has 0 saturated carbocycles. The van der Waals surface area contributed by atoms with E-state index in [2.05, 4.69) is 6.07 Å². The van der Waals surface area contributed by atoms with E-state index in [4.69, 9.17) is 4.98 Å². The van der Waals surface area contributed by atoms with Crippen LogP contribution in [0, 0.1) is 0 Å². The number of amides is 1. The lowest BCUT2D eigenvalue weighted by molar-refractivity contribution is 0.0985. The zero-order chi connectivity index (χ0) is 25.2. The summed E-state index contributed by atoms with van der Waals surface area (Å²) in [4.78, 5) is 23.4. The Labute approximate surface area is 216 Å². The highest BCUT2D eigenvalue weighted by molar-refractivity contribution is 7.98. The summed E-state index contributed by atoms with van der Waals surface area (Å²) < 4.78 is 29.0. The maximum absolute atomic E-state index is 13.6. The van der Waals surface area contributed by atoms with E-state index in [-0.39, 0.29) is 16.8 Å². The van der Waals surface area contributed by atoms with E-state index in [0.717, 1.165) is 34.4 Å². The fraction of sp³-hybridized carbons (Fsp3) is 0.440. The van der Waals surface area contributed by atoms with Crippen molar-refractivity contribution in [3.8, 4) is 0 Å². The summed E-state index contributed by atoms with van der Waals surface area (Å²) in [6.07, 6.45) is 4.83. The minimum atomic E-state index is -3.58. The largest absolute Gasteiger partial charge is 0.308 e. The van der Waals surface area contributed by atoms with Gasteiger partial charge in [-0.1, -0.05) is 17.8 Å². The van der Waals surface area contributed by atoms with Crippen LogP contribution in [0.4, 0.5) is 5.13 Å². The molecule has 1 aromatic heterocycles. The summed E-state index contributed by atoms with van der Waals surface area (Å²) in [6.45, 7) is 3.65. The summed E-state index contributed by atoms with van der Waals surface area (Å²) in [5, 5.41) is 0.643. The molecule has 0 aliphatic carbocycles. The van der Waals surface area contributed by atoms with Gasteiger partial charge in [0.15, 0.2) is 5.13 Å². The third kappa shape index (κ3) is 5.72. The van der Waals surface area contributed by atoms with Gasteiger partial charge in [0.1, 0.15) is 0 Å². The summed E-state index contributed by atoms with van der Waals surface area (Å²) in [5.74, 6) is -0.189. The number of piperidine rings is 1. The number of benzene rings is 2. The number of hydrogen-bond acceptors (Lipinski definition) is 7. The maximum atomic E-state index is 13.6. The first-order chi connectivity index (χ1) is 16.7. The number of rotatable bonds is 8. The number of sulfonamides is 1. The van der Waals surface area contributed by atoms with Crippen LogP contribution in [-0.4, -0.2) is 74.5 Å². The van der Waals surface area contributed by atoms with Crippen molar-refractivity contribution in [2.45, 2.75) is 42.0 Å². The molecule has 1 aliphatic rings. The number of hydrogen-bond donors (Lipinski definition) is 0. The Morgan fingerprint density at radius 2 is 1.89 bits per heavy atom. The maximum Gasteiger partial charge on any atom is 0.260 e. The van der Waals surface area contributed by atoms with Crippen molar-refractivity contribution in [3.05, 3.63) is 48.0 Å². The molecule has 0 N–H and O–H groups in total. The molecule has 4 rings (SSSR count). The predicted molar refractivity (Wildman–Crippen MR) is 145 cm³/mol. The number of carbonyl (C=O) groups is 1. The first kappa shape index (κ1) is 26.1. The Morgan fingerprint density at radius 1 is 1.14 bits per heavy atom. The second-order valence-corrected chi connectivity index (χ2v) is 12.9. The van der Waals surface area contributed by atoms with Crippen molar-refractivity contribution in [3.63, 3.8) is 0 Å². The van der Waals surface area contributed by atoms with Gasteiger partial charge in [0, 0.05) is 36.1 Å². The molecule has 1 atom stereocenters. The van der Waals surface area contributed by atoms with Gasteiger partial charge >= 0.3 is 0 Å². The van der Waals surface area contributed by atoms with E-state index in [0.29, 0.717) is 30.3 Å². The zero-order valence-electron chi connectivity index (χ0n) is 20.6. The molecule has 3 aromatic rings. The van der Waals surface area contributed by atoms with Gasteiger partial charge in [-0.3, -0.25) is 9.69 Å². The number of nitrogens with zero attached hydrogens (tertiary/aromatic N) is 4. The lowest BCUT2D eigenvalue weighted by Gasteiger charge is -2.32. The molecule has 188 valence electrons. The Bertz CT molecular complexity index is 1290. The van der Waals surface area contributed by atoms with Crippen LogP contribution in [-0.2, 0) is 10.0 Å². The summed E-state index contributed by atoms with van der Waals surface area (Å²) >= 11 is 3.17. The SMILES string of the molecule is CSc1ccc2nc(N(CCN(C)C)C(=O)c3ccc(S(=O)(=O)N4CCCCC4C)cc3)sc2c1. The number of carbonyl (C=O) groups excluding carboxylic acids is 1. The molecule has 1 amide bonds. The van der Waals surface area contributed by atoms with Crippen molar-refractivity contribution >= 4 is 54.4 Å². The van der Waals surface area contributed by atoms with E-state index in [9.17, 15) is 13.2 Å². The number of fused-ring (bicyclic) bond motifs is 1. The Hall–Kier alpha value is -1.98. The monoisotopic (exact) mass is 532 g/mol. The van der Waals surface area contributed by atoms with Gasteiger partial charge in [-0.2, -0.15) is 4.31 Å². The average molecular weight is 533 g/mol. The highest BCUT2D eigenvalue weighted by Crippen LogP contribution is 2.32. The van der Waals surface area contributed by atoms with Crippen LogP contribution in [0.15, 0.2) is 52.3 Å². The molecule has 0 radical (unpaired) electrons. The number of likely N-dealkylation sites (N-methyl/N-ethyl adjacent to an activating group) is 1. The summed E-state index contributed by atoms with van der Waals surface area (Å²) in [5.41, 5.74) is 1.31. The standard InChI is InChI=1S/C25H32N4O3S3/c1-18-7-5-6-14-29(18)35(31,32)21-11-8-19(9-12-21)24(30)28(16-15-27(2)3)25-26-22-13-10-20(33-4)17-23(22)34-25/h8-13,17-18H,5-7,14-16H2,1-4H3. The Balaban J connectivity index is 1.62. The molecule has 1 fully saturated rings. The third-order valence-corrected chi connectivity index (χ3v) is 10.1. The van der Waals surface area contributed by atoms with Crippen molar-refractivity contribution < 1.29 is 13.2 Å². The number of anilines is 1. The van der Waals surface area contributed by atoms with Crippen molar-refractivity contribution in [2.24, 2.45) is 0 Å². The van der Waals surface area contributed by atoms with Gasteiger partial charge in [-0.25, -0.2) is 13.4 Å². The van der Waals surface area contributed by atoms with Crippen LogP contribution in [0.3, 0.4) is 0 Å². The quantitative estimate of drug-likeness (QED) is 0.389. The van der Waals surface area contributed by atoms with E-state index >= 15 is 0 Å². The molecular weight excluding hydrogens is 501 g/mol. The van der Waals surface area contributed by atoms with Gasteiger partial charge in [0.05, 0.1) is 15.1 Å². The lowest BCUT2D eigenvalue weighted by atomic mass is 10.1. The third-order valence-electron chi connectivity index (χ3n) is 6.28. The molecule has 2 aromatic carbocycles. The van der Waals surface area contributed by atoms with Crippen molar-refractivity contribution in [2.75, 3.05) is 44.9 Å². The normalized spacial score (nSPS) is 17.2. The fourth-order valence-corrected chi connectivity index (χ4v) is 7.45. The highest BCUT2D eigenvalue weighted by atomic mass is 32.2.